The second kappa shape index (κ2) is 5.20. The van der Waals surface area contributed by atoms with Crippen LogP contribution in [0, 0.1) is 13.8 Å². The quantitative estimate of drug-likeness (QED) is 0.906. The van der Waals surface area contributed by atoms with Gasteiger partial charge in [0.2, 0.25) is 0 Å². The van der Waals surface area contributed by atoms with E-state index in [1.165, 1.54) is 29.8 Å². The standard InChI is InChI=1S/C16H24N4S/c1-10-8-13(11(2)20(10)12-6-7-12)14-9-21-15(19-18-14)17-16(3,4)5/h8,12H,6-7,9H2,1-5H3,(H,17,19). The second-order valence-electron chi connectivity index (χ2n) is 6.93. The zero-order valence-corrected chi connectivity index (χ0v) is 14.3. The Morgan fingerprint density at radius 2 is 2.05 bits per heavy atom. The molecule has 0 atom stereocenters. The smallest absolute Gasteiger partial charge is 0.178 e. The van der Waals surface area contributed by atoms with Gasteiger partial charge in [0.05, 0.1) is 11.3 Å². The molecule has 1 saturated carbocycles. The van der Waals surface area contributed by atoms with Crippen LogP contribution in [0.1, 0.15) is 56.6 Å². The molecule has 0 unspecified atom stereocenters. The third kappa shape index (κ3) is 3.18. The van der Waals surface area contributed by atoms with Gasteiger partial charge in [-0.2, -0.15) is 5.10 Å². The summed E-state index contributed by atoms with van der Waals surface area (Å²) in [5.74, 6) is 0.886. The number of aryl methyl sites for hydroxylation is 1. The van der Waals surface area contributed by atoms with Crippen LogP contribution >= 0.6 is 11.8 Å². The minimum atomic E-state index is -0.0653. The number of nitrogens with one attached hydrogen (secondary N) is 1. The molecule has 0 aromatic carbocycles. The van der Waals surface area contributed by atoms with Crippen molar-refractivity contribution in [2.45, 2.75) is 59.0 Å². The Bertz CT molecular complexity index is 615. The third-order valence-electron chi connectivity index (χ3n) is 3.78. The van der Waals surface area contributed by atoms with Crippen LogP contribution in [-0.2, 0) is 0 Å². The topological polar surface area (TPSA) is 41.7 Å². The lowest BCUT2D eigenvalue weighted by Gasteiger charge is -2.19. The van der Waals surface area contributed by atoms with E-state index in [1.807, 2.05) is 0 Å². The van der Waals surface area contributed by atoms with Crippen LogP contribution in [0.15, 0.2) is 16.2 Å². The molecule has 0 spiro atoms. The van der Waals surface area contributed by atoms with E-state index in [9.17, 15) is 0 Å². The third-order valence-corrected chi connectivity index (χ3v) is 4.65. The second-order valence-corrected chi connectivity index (χ2v) is 7.90. The fraction of sp³-hybridized carbons (Fsp3) is 0.625. The van der Waals surface area contributed by atoms with Gasteiger partial charge in [0.1, 0.15) is 0 Å². The van der Waals surface area contributed by atoms with Gasteiger partial charge in [-0.15, -0.1) is 0 Å². The number of aromatic nitrogens is 1. The summed E-state index contributed by atoms with van der Waals surface area (Å²) in [7, 11) is 0. The van der Waals surface area contributed by atoms with Crippen molar-refractivity contribution in [3.05, 3.63) is 23.0 Å². The van der Waals surface area contributed by atoms with Crippen molar-refractivity contribution in [3.8, 4) is 0 Å². The van der Waals surface area contributed by atoms with Crippen molar-refractivity contribution in [1.82, 2.24) is 9.99 Å². The molecular formula is C16H24N4S. The molecule has 1 aromatic rings. The van der Waals surface area contributed by atoms with Gasteiger partial charge in [-0.05, 0) is 53.5 Å². The van der Waals surface area contributed by atoms with Gasteiger partial charge in [-0.3, -0.25) is 10.4 Å². The molecule has 2 heterocycles. The van der Waals surface area contributed by atoms with Crippen LogP contribution in [0.4, 0.5) is 0 Å². The highest BCUT2D eigenvalue weighted by Crippen LogP contribution is 2.38. The highest BCUT2D eigenvalue weighted by molar-refractivity contribution is 8.14. The molecule has 2 aliphatic rings. The highest BCUT2D eigenvalue weighted by Gasteiger charge is 2.28. The van der Waals surface area contributed by atoms with Crippen molar-refractivity contribution >= 4 is 22.6 Å². The van der Waals surface area contributed by atoms with Gasteiger partial charge in [-0.25, -0.2) is 0 Å². The number of amidine groups is 1. The fourth-order valence-corrected chi connectivity index (χ4v) is 3.72. The largest absolute Gasteiger partial charge is 0.345 e. The van der Waals surface area contributed by atoms with Gasteiger partial charge in [0.25, 0.3) is 0 Å². The lowest BCUT2D eigenvalue weighted by molar-refractivity contribution is 0.582. The Kier molecular flexibility index (Phi) is 3.64. The molecule has 21 heavy (non-hydrogen) atoms. The van der Waals surface area contributed by atoms with Gasteiger partial charge >= 0.3 is 0 Å². The molecule has 1 N–H and O–H groups in total. The zero-order valence-electron chi connectivity index (χ0n) is 13.5. The van der Waals surface area contributed by atoms with Crippen molar-refractivity contribution in [2.24, 2.45) is 10.1 Å². The first kappa shape index (κ1) is 14.7. The summed E-state index contributed by atoms with van der Waals surface area (Å²) in [6.45, 7) is 10.7. The monoisotopic (exact) mass is 304 g/mol. The number of thioether (sulfide) groups is 1. The molecule has 4 nitrogen and oxygen atoms in total. The highest BCUT2D eigenvalue weighted by atomic mass is 32.2. The molecule has 1 aliphatic heterocycles. The first-order valence-electron chi connectivity index (χ1n) is 7.59. The van der Waals surface area contributed by atoms with E-state index < -0.39 is 0 Å². The molecule has 5 heteroatoms. The van der Waals surface area contributed by atoms with E-state index >= 15 is 0 Å². The zero-order chi connectivity index (χ0) is 15.2. The Balaban J connectivity index is 1.83. The SMILES string of the molecule is Cc1cc(C2=NNC(=NC(C)(C)C)SC2)c(C)n1C1CC1. The molecule has 3 rings (SSSR count). The van der Waals surface area contributed by atoms with Gasteiger partial charge in [-0.1, -0.05) is 11.8 Å². The normalized spacial score (nSPS) is 21.4. The summed E-state index contributed by atoms with van der Waals surface area (Å²) in [4.78, 5) is 4.64. The fourth-order valence-electron chi connectivity index (χ4n) is 2.78. The number of aliphatic imine (C=N–C) groups is 1. The summed E-state index contributed by atoms with van der Waals surface area (Å²) < 4.78 is 2.47. The van der Waals surface area contributed by atoms with E-state index in [0.29, 0.717) is 0 Å². The van der Waals surface area contributed by atoms with E-state index in [-0.39, 0.29) is 5.54 Å². The van der Waals surface area contributed by atoms with Crippen molar-refractivity contribution in [2.75, 3.05) is 5.75 Å². The van der Waals surface area contributed by atoms with Crippen LogP contribution in [0.3, 0.4) is 0 Å². The maximum absolute atomic E-state index is 4.64. The van der Waals surface area contributed by atoms with E-state index in [2.05, 4.69) is 60.8 Å². The number of hydrogen-bond donors (Lipinski definition) is 1. The Hall–Kier alpha value is -1.23. The molecule has 1 aliphatic carbocycles. The van der Waals surface area contributed by atoms with Crippen LogP contribution in [0.5, 0.6) is 0 Å². The minimum Gasteiger partial charge on any atom is -0.345 e. The Morgan fingerprint density at radius 1 is 1.33 bits per heavy atom. The van der Waals surface area contributed by atoms with Crippen molar-refractivity contribution in [3.63, 3.8) is 0 Å². The summed E-state index contributed by atoms with van der Waals surface area (Å²) in [5.41, 5.74) is 8.18. The summed E-state index contributed by atoms with van der Waals surface area (Å²) in [5, 5.41) is 5.48. The van der Waals surface area contributed by atoms with E-state index in [0.717, 1.165) is 22.7 Å². The lowest BCUT2D eigenvalue weighted by Crippen LogP contribution is -2.28. The van der Waals surface area contributed by atoms with Gasteiger partial charge in [0.15, 0.2) is 5.17 Å². The average Bonchev–Trinajstić information content (AvgIpc) is 3.16. The predicted octanol–water partition coefficient (Wildman–Crippen LogP) is 3.63. The molecule has 0 saturated heterocycles. The first-order valence-corrected chi connectivity index (χ1v) is 8.58. The molecular weight excluding hydrogens is 280 g/mol. The van der Waals surface area contributed by atoms with Crippen LogP contribution in [0.25, 0.3) is 0 Å². The number of rotatable bonds is 2. The van der Waals surface area contributed by atoms with Crippen LogP contribution < -0.4 is 5.43 Å². The molecule has 0 radical (unpaired) electrons. The molecule has 1 fully saturated rings. The van der Waals surface area contributed by atoms with Gasteiger partial charge in [0, 0.05) is 28.7 Å². The van der Waals surface area contributed by atoms with E-state index in [1.54, 1.807) is 11.8 Å². The minimum absolute atomic E-state index is 0.0653. The summed E-state index contributed by atoms with van der Waals surface area (Å²) in [6, 6.07) is 3.00. The maximum Gasteiger partial charge on any atom is 0.178 e. The Morgan fingerprint density at radius 3 is 2.57 bits per heavy atom. The van der Waals surface area contributed by atoms with Crippen LogP contribution in [0.2, 0.25) is 0 Å². The Labute approximate surface area is 131 Å². The average molecular weight is 304 g/mol. The van der Waals surface area contributed by atoms with Crippen LogP contribution in [-0.4, -0.2) is 26.7 Å². The number of hydrogen-bond acceptors (Lipinski definition) is 3. The molecule has 0 bridgehead atoms. The van der Waals surface area contributed by atoms with E-state index in [4.69, 9.17) is 0 Å². The number of hydrazone groups is 1. The lowest BCUT2D eigenvalue weighted by atomic mass is 10.1. The number of nitrogens with zero attached hydrogens (tertiary/aromatic N) is 3. The van der Waals surface area contributed by atoms with Gasteiger partial charge < -0.3 is 4.57 Å². The maximum atomic E-state index is 4.64. The first-order chi connectivity index (χ1) is 9.85. The molecule has 114 valence electrons. The summed E-state index contributed by atoms with van der Waals surface area (Å²) in [6.07, 6.45) is 2.63. The molecule has 1 aromatic heterocycles. The van der Waals surface area contributed by atoms with Crippen molar-refractivity contribution in [1.29, 1.82) is 0 Å². The predicted molar refractivity (Wildman–Crippen MR) is 91.5 cm³/mol. The molecule has 0 amide bonds. The summed E-state index contributed by atoms with van der Waals surface area (Å²) >= 11 is 1.74. The van der Waals surface area contributed by atoms with Crippen molar-refractivity contribution < 1.29 is 0 Å².